The topological polar surface area (TPSA) is 356 Å². The number of phenols is 2. The van der Waals surface area contributed by atoms with Crippen molar-refractivity contribution in [1.82, 2.24) is 5.32 Å². The molecule has 6 aliphatic rings. The van der Waals surface area contributed by atoms with Gasteiger partial charge in [-0.25, -0.2) is 4.79 Å². The van der Waals surface area contributed by atoms with Crippen LogP contribution in [0.15, 0.2) is 12.1 Å². The molecule has 0 saturated carbocycles. The van der Waals surface area contributed by atoms with Crippen molar-refractivity contribution in [2.45, 2.75) is 235 Å². The molecule has 0 aromatic heterocycles. The van der Waals surface area contributed by atoms with Crippen molar-refractivity contribution in [2.24, 2.45) is 5.92 Å². The van der Waals surface area contributed by atoms with E-state index in [2.05, 4.69) is 5.32 Å². The molecule has 5 saturated heterocycles. The second-order valence-corrected chi connectivity index (χ2v) is 21.9. The number of esters is 1. The molecule has 2 aromatic rings. The molecule has 25 nitrogen and oxygen atoms in total. The third kappa shape index (κ3) is 12.4. The maximum absolute atomic E-state index is 15.1. The number of ether oxygens (including phenoxy) is 12. The highest BCUT2D eigenvalue weighted by Crippen LogP contribution is 2.47. The van der Waals surface area contributed by atoms with Gasteiger partial charge >= 0.3 is 5.97 Å². The first-order valence-electron chi connectivity index (χ1n) is 26.5. The van der Waals surface area contributed by atoms with Crippen LogP contribution in [0.4, 0.5) is 0 Å². The minimum absolute atomic E-state index is 0.0322. The summed E-state index contributed by atoms with van der Waals surface area (Å²) < 4.78 is 71.7. The summed E-state index contributed by atoms with van der Waals surface area (Å²) in [6, 6.07) is 1.93. The maximum atomic E-state index is 15.1. The van der Waals surface area contributed by atoms with Gasteiger partial charge in [-0.15, -0.1) is 0 Å². The highest BCUT2D eigenvalue weighted by molar-refractivity contribution is 6.11. The van der Waals surface area contributed by atoms with Crippen LogP contribution in [-0.4, -0.2) is 219 Å². The largest absolute Gasteiger partial charge is 0.507 e. The van der Waals surface area contributed by atoms with Gasteiger partial charge in [0.25, 0.3) is 0 Å². The Labute approximate surface area is 450 Å². The lowest BCUT2D eigenvalue weighted by Gasteiger charge is -2.46. The molecule has 24 atom stereocenters. The third-order valence-corrected chi connectivity index (χ3v) is 16.0. The van der Waals surface area contributed by atoms with E-state index in [0.717, 1.165) is 7.11 Å². The van der Waals surface area contributed by atoms with Gasteiger partial charge in [-0.1, -0.05) is 0 Å². The van der Waals surface area contributed by atoms with E-state index in [1.54, 1.807) is 40.7 Å². The summed E-state index contributed by atoms with van der Waals surface area (Å²) in [4.78, 5) is 41.6. The smallest absolute Gasteiger partial charge is 0.328 e. The number of amides is 1. The van der Waals surface area contributed by atoms with Crippen LogP contribution in [-0.2, 0) is 68.1 Å². The first-order valence-corrected chi connectivity index (χ1v) is 26.5. The lowest BCUT2D eigenvalue weighted by molar-refractivity contribution is -0.334. The van der Waals surface area contributed by atoms with Crippen LogP contribution in [0.25, 0.3) is 10.8 Å². The van der Waals surface area contributed by atoms with Gasteiger partial charge < -0.3 is 108 Å². The summed E-state index contributed by atoms with van der Waals surface area (Å²) in [7, 11) is 2.39. The van der Waals surface area contributed by atoms with E-state index >= 15 is 4.79 Å². The molecule has 1 aliphatic carbocycles. The molecule has 20 unspecified atom stereocenters. The number of carbonyl (C=O) groups is 3. The Balaban J connectivity index is 1.05. The fourth-order valence-electron chi connectivity index (χ4n) is 11.4. The lowest BCUT2D eigenvalue weighted by Crippen LogP contribution is -2.58. The molecular formula is C53H77NO24. The number of rotatable bonds is 15. The number of hydrogen-bond acceptors (Lipinski definition) is 24. The Morgan fingerprint density at radius 2 is 1.19 bits per heavy atom. The number of phenolic OH excluding ortho intramolecular Hbond substituents is 2. The summed E-state index contributed by atoms with van der Waals surface area (Å²) in [6.07, 6.45) is -23.2. The number of ketones is 1. The molecule has 10 N–H and O–H groups in total. The van der Waals surface area contributed by atoms with Crippen molar-refractivity contribution in [2.75, 3.05) is 14.2 Å². The van der Waals surface area contributed by atoms with Crippen LogP contribution < -0.4 is 10.1 Å². The van der Waals surface area contributed by atoms with E-state index in [4.69, 9.17) is 56.8 Å². The second kappa shape index (κ2) is 24.2. The Kier molecular flexibility index (Phi) is 18.7. The zero-order chi connectivity index (χ0) is 57.0. The van der Waals surface area contributed by atoms with E-state index in [1.807, 2.05) is 0 Å². The number of benzene rings is 2. The Hall–Kier alpha value is -3.97. The zero-order valence-corrected chi connectivity index (χ0v) is 45.3. The fourth-order valence-corrected chi connectivity index (χ4v) is 11.4. The van der Waals surface area contributed by atoms with E-state index in [0.29, 0.717) is 0 Å². The second-order valence-electron chi connectivity index (χ2n) is 21.9. The average molecular weight is 1110 g/mol. The molecule has 5 fully saturated rings. The van der Waals surface area contributed by atoms with Gasteiger partial charge in [0.1, 0.15) is 66.0 Å². The van der Waals surface area contributed by atoms with Crippen molar-refractivity contribution in [3.63, 3.8) is 0 Å². The van der Waals surface area contributed by atoms with Gasteiger partial charge in [-0.05, 0) is 84.9 Å². The summed E-state index contributed by atoms with van der Waals surface area (Å²) >= 11 is 0. The number of nitrogens with one attached hydrogen (secondary N) is 1. The number of aromatic hydroxyl groups is 2. The van der Waals surface area contributed by atoms with Gasteiger partial charge in [0.05, 0.1) is 78.6 Å². The van der Waals surface area contributed by atoms with Crippen LogP contribution in [0, 0.1) is 12.8 Å². The monoisotopic (exact) mass is 1110 g/mol. The van der Waals surface area contributed by atoms with E-state index in [-0.39, 0.29) is 71.7 Å². The molecule has 0 bridgehead atoms. The van der Waals surface area contributed by atoms with Crippen molar-refractivity contribution in [3.05, 3.63) is 28.8 Å². The first-order chi connectivity index (χ1) is 36.7. The van der Waals surface area contributed by atoms with Gasteiger partial charge in [0.15, 0.2) is 30.9 Å². The van der Waals surface area contributed by atoms with Gasteiger partial charge in [-0.2, -0.15) is 0 Å². The summed E-state index contributed by atoms with van der Waals surface area (Å²) in [5.41, 5.74) is -1.41. The van der Waals surface area contributed by atoms with Gasteiger partial charge in [0, 0.05) is 50.7 Å². The highest BCUT2D eigenvalue weighted by atomic mass is 16.7. The average Bonchev–Trinajstić information content (AvgIpc) is 3.49. The molecular weight excluding hydrogens is 1030 g/mol. The Morgan fingerprint density at radius 3 is 1.73 bits per heavy atom. The Morgan fingerprint density at radius 1 is 0.692 bits per heavy atom. The number of fused-ring (bicyclic) bond motifs is 2. The minimum atomic E-state index is -1.62. The zero-order valence-electron chi connectivity index (χ0n) is 45.3. The minimum Gasteiger partial charge on any atom is -0.507 e. The van der Waals surface area contributed by atoms with E-state index in [1.165, 1.54) is 33.9 Å². The van der Waals surface area contributed by atoms with Crippen LogP contribution in [0.5, 0.6) is 17.2 Å². The molecule has 0 spiro atoms. The molecule has 438 valence electrons. The molecule has 1 amide bonds. The molecule has 25 heteroatoms. The standard InChI is InChI=1S/C53H77NO24/c1-19-30(74-35-15-31(43(58)22(4)70-35)75-34-14-29(55)42(57)21(3)69-34)13-27-11-26-12-28(49(67-9)51(64)54-20(2)52(65)68-10)48(47(62)40(26)46(61)39(27)41(19)56)78-37-17-32(44(59)24(6)72-37)76-36-16-33(45(60)23(5)71-36)77-38-18-53(8,66)50(63)25(7)73-38/h11,13,20-25,28-29,31-38,42-45,48-50,55-61,63,66H,12,14-18H2,1-10H3,(H,54,64)/t20-,21?,22?,23?,24?,25?,28+,29?,31?,32?,33?,34?,35?,36?,37?,38?,42?,43?,44?,45?,48-,49-,50?,53?/m0/s1. The van der Waals surface area contributed by atoms with Crippen LogP contribution in [0.1, 0.15) is 102 Å². The summed E-state index contributed by atoms with van der Waals surface area (Å²) in [6.45, 7) is 12.3. The molecule has 5 heterocycles. The lowest BCUT2D eigenvalue weighted by atomic mass is 9.76. The number of methoxy groups -OCH3 is 2. The highest BCUT2D eigenvalue weighted by Gasteiger charge is 2.51. The third-order valence-electron chi connectivity index (χ3n) is 16.0. The molecule has 78 heavy (non-hydrogen) atoms. The summed E-state index contributed by atoms with van der Waals surface area (Å²) in [5.74, 6) is -4.53. The van der Waals surface area contributed by atoms with Crippen LogP contribution in [0.3, 0.4) is 0 Å². The number of aliphatic hydroxyl groups is 7. The van der Waals surface area contributed by atoms with Gasteiger partial charge in [0.2, 0.25) is 12.2 Å². The molecule has 0 radical (unpaired) electrons. The molecule has 8 rings (SSSR count). The predicted octanol–water partition coefficient (Wildman–Crippen LogP) is 0.118. The van der Waals surface area contributed by atoms with Gasteiger partial charge in [-0.3, -0.25) is 9.59 Å². The first kappa shape index (κ1) is 60.1. The quantitative estimate of drug-likeness (QED) is 0.106. The van der Waals surface area contributed by atoms with Crippen molar-refractivity contribution in [1.29, 1.82) is 0 Å². The fraction of sp³-hybridized carbons (Fsp3) is 0.755. The van der Waals surface area contributed by atoms with Crippen LogP contribution >= 0.6 is 0 Å². The number of aliphatic hydroxyl groups excluding tert-OH is 6. The Bertz CT molecular complexity index is 2450. The number of hydrogen-bond donors (Lipinski definition) is 10. The predicted molar refractivity (Wildman–Crippen MR) is 266 cm³/mol. The number of carbonyl (C=O) groups excluding carboxylic acids is 3. The normalized spacial score (nSPS) is 41.1. The summed E-state index contributed by atoms with van der Waals surface area (Å²) in [5, 5.41) is 102. The molecule has 5 aliphatic heterocycles. The maximum Gasteiger partial charge on any atom is 0.328 e. The van der Waals surface area contributed by atoms with Crippen molar-refractivity contribution >= 4 is 28.4 Å². The van der Waals surface area contributed by atoms with Crippen molar-refractivity contribution in [3.8, 4) is 17.2 Å². The SMILES string of the molecule is COC(=O)[C@H](C)NC(=O)[C@@H](OC)[C@@H]1Cc2cc3cc(OC4CC(OC5CC(O)C(O)C(C)O5)C(O)C(C)O4)c(C)c(O)c3c(O)c2C(=O)[C@H]1OC1CC(OC2CC(OC3CC(C)(O)C(O)C(C)O3)C(O)C(C)O2)C(O)C(C)O1. The van der Waals surface area contributed by atoms with Crippen LogP contribution in [0.2, 0.25) is 0 Å². The van der Waals surface area contributed by atoms with E-state index in [9.17, 15) is 55.5 Å². The molecule has 2 aromatic carbocycles. The number of Topliss-reactive ketones (excluding diaryl/α,β-unsaturated/α-hetero) is 1. The van der Waals surface area contributed by atoms with Crippen molar-refractivity contribution < 1.29 is 117 Å². The van der Waals surface area contributed by atoms with E-state index < -0.39 is 176 Å².